The van der Waals surface area contributed by atoms with Crippen molar-refractivity contribution in [3.63, 3.8) is 0 Å². The molecule has 0 aliphatic carbocycles. The Bertz CT molecular complexity index is 1120. The van der Waals surface area contributed by atoms with Gasteiger partial charge in [0.25, 0.3) is 0 Å². The Balaban J connectivity index is 1.70. The molecule has 2 aromatic carbocycles. The van der Waals surface area contributed by atoms with Gasteiger partial charge < -0.3 is 19.3 Å². The zero-order valence-electron chi connectivity index (χ0n) is 19.1. The van der Waals surface area contributed by atoms with Gasteiger partial charge in [0.2, 0.25) is 0 Å². The van der Waals surface area contributed by atoms with E-state index < -0.39 is 35.7 Å². The summed E-state index contributed by atoms with van der Waals surface area (Å²) >= 11 is 0. The maximum Gasteiger partial charge on any atom is 0.309 e. The number of esters is 1. The normalized spacial score (nSPS) is 13.4. The van der Waals surface area contributed by atoms with Crippen LogP contribution in [0.1, 0.15) is 42.4 Å². The number of carbonyl (C=O) groups excluding carboxylic acids is 2. The highest BCUT2D eigenvalue weighted by Crippen LogP contribution is 2.30. The number of hydrogen-bond donors (Lipinski definition) is 1. The Morgan fingerprint density at radius 3 is 2.35 bits per heavy atom. The molecule has 0 aliphatic heterocycles. The minimum Gasteiger partial charge on any atom is -0.503 e. The van der Waals surface area contributed by atoms with E-state index >= 15 is 0 Å². The van der Waals surface area contributed by atoms with Gasteiger partial charge in [-0.1, -0.05) is 37.3 Å². The number of aromatic nitrogens is 1. The van der Waals surface area contributed by atoms with E-state index in [1.807, 2.05) is 30.3 Å². The van der Waals surface area contributed by atoms with Gasteiger partial charge in [-0.15, -0.1) is 0 Å². The lowest BCUT2D eigenvalue weighted by Gasteiger charge is -2.26. The Morgan fingerprint density at radius 1 is 1.03 bits per heavy atom. The second-order valence-corrected chi connectivity index (χ2v) is 7.78. The van der Waals surface area contributed by atoms with E-state index in [0.717, 1.165) is 5.56 Å². The highest BCUT2D eigenvalue weighted by molar-refractivity contribution is 5.99. The average Bonchev–Trinajstić information content (AvgIpc) is 2.84. The molecule has 178 valence electrons. The molecule has 34 heavy (non-hydrogen) atoms. The first-order valence-electron chi connectivity index (χ1n) is 10.7. The summed E-state index contributed by atoms with van der Waals surface area (Å²) in [6.45, 7) is 3.24. The van der Waals surface area contributed by atoms with Crippen molar-refractivity contribution in [3.8, 4) is 17.2 Å². The summed E-state index contributed by atoms with van der Waals surface area (Å²) in [7, 11) is 1.36. The Labute approximate surface area is 197 Å². The number of carbonyl (C=O) groups is 2. The molecule has 0 spiro atoms. The summed E-state index contributed by atoms with van der Waals surface area (Å²) < 4.78 is 29.9. The van der Waals surface area contributed by atoms with Crippen LogP contribution < -0.4 is 9.47 Å². The second kappa shape index (κ2) is 11.3. The van der Waals surface area contributed by atoms with Crippen LogP contribution >= 0.6 is 0 Å². The zero-order valence-corrected chi connectivity index (χ0v) is 19.1. The number of hydrogen-bond acceptors (Lipinski definition) is 7. The van der Waals surface area contributed by atoms with Crippen LogP contribution in [0.15, 0.2) is 66.9 Å². The SMILES string of the molecule is COc1ccnc(C(=O)C[C@@H](C)C(=O)O[C@@H](C)[C@H](Oc2ccc(F)cc2)c2ccccc2)c1O. The lowest BCUT2D eigenvalue weighted by atomic mass is 10.0. The molecule has 0 saturated heterocycles. The van der Waals surface area contributed by atoms with Crippen molar-refractivity contribution in [1.29, 1.82) is 0 Å². The molecule has 1 heterocycles. The first-order chi connectivity index (χ1) is 16.3. The van der Waals surface area contributed by atoms with Gasteiger partial charge in [0.1, 0.15) is 17.7 Å². The average molecular weight is 467 g/mol. The molecule has 8 heteroatoms. The summed E-state index contributed by atoms with van der Waals surface area (Å²) in [5.41, 5.74) is 0.593. The van der Waals surface area contributed by atoms with Gasteiger partial charge in [-0.2, -0.15) is 0 Å². The Hall–Kier alpha value is -3.94. The smallest absolute Gasteiger partial charge is 0.309 e. The number of aromatic hydroxyl groups is 1. The Kier molecular flexibility index (Phi) is 8.19. The summed E-state index contributed by atoms with van der Waals surface area (Å²) in [4.78, 5) is 29.3. The lowest BCUT2D eigenvalue weighted by molar-refractivity contribution is -0.157. The fraction of sp³-hybridized carbons (Fsp3) is 0.269. The van der Waals surface area contributed by atoms with E-state index in [0.29, 0.717) is 5.75 Å². The molecule has 3 aromatic rings. The van der Waals surface area contributed by atoms with Crippen LogP contribution in [-0.2, 0) is 9.53 Å². The summed E-state index contributed by atoms with van der Waals surface area (Å²) in [6.07, 6.45) is -0.259. The summed E-state index contributed by atoms with van der Waals surface area (Å²) in [6, 6.07) is 16.2. The number of pyridine rings is 1. The molecular weight excluding hydrogens is 441 g/mol. The number of benzene rings is 2. The van der Waals surface area contributed by atoms with Gasteiger partial charge in [-0.3, -0.25) is 9.59 Å². The van der Waals surface area contributed by atoms with Crippen molar-refractivity contribution in [1.82, 2.24) is 4.98 Å². The molecule has 0 fully saturated rings. The third-order valence-electron chi connectivity index (χ3n) is 5.20. The van der Waals surface area contributed by atoms with E-state index in [1.54, 1.807) is 13.8 Å². The summed E-state index contributed by atoms with van der Waals surface area (Å²) in [5.74, 6) is -2.15. The monoisotopic (exact) mass is 467 g/mol. The number of methoxy groups -OCH3 is 1. The lowest BCUT2D eigenvalue weighted by Crippen LogP contribution is -2.30. The molecule has 7 nitrogen and oxygen atoms in total. The van der Waals surface area contributed by atoms with Gasteiger partial charge in [-0.05, 0) is 36.8 Å². The van der Waals surface area contributed by atoms with Crippen LogP contribution in [0.4, 0.5) is 4.39 Å². The summed E-state index contributed by atoms with van der Waals surface area (Å²) in [5, 5.41) is 10.1. The van der Waals surface area contributed by atoms with Gasteiger partial charge >= 0.3 is 5.97 Å². The van der Waals surface area contributed by atoms with Gasteiger partial charge in [0.05, 0.1) is 13.0 Å². The van der Waals surface area contributed by atoms with E-state index in [1.165, 1.54) is 43.6 Å². The van der Waals surface area contributed by atoms with Crippen LogP contribution in [0.2, 0.25) is 0 Å². The molecule has 1 N–H and O–H groups in total. The maximum atomic E-state index is 13.3. The minimum atomic E-state index is -0.801. The Morgan fingerprint density at radius 2 is 1.71 bits per heavy atom. The molecule has 3 atom stereocenters. The van der Waals surface area contributed by atoms with E-state index in [-0.39, 0.29) is 23.6 Å². The molecule has 0 aliphatic rings. The number of halogens is 1. The third-order valence-corrected chi connectivity index (χ3v) is 5.20. The highest BCUT2D eigenvalue weighted by Gasteiger charge is 2.29. The van der Waals surface area contributed by atoms with Crippen molar-refractivity contribution in [2.24, 2.45) is 5.92 Å². The number of Topliss-reactive ketones (excluding diaryl/α,β-unsaturated/α-hetero) is 1. The molecule has 0 unspecified atom stereocenters. The van der Waals surface area contributed by atoms with Crippen molar-refractivity contribution < 1.29 is 33.3 Å². The largest absolute Gasteiger partial charge is 0.503 e. The fourth-order valence-electron chi connectivity index (χ4n) is 3.36. The topological polar surface area (TPSA) is 95.0 Å². The molecular formula is C26H26FNO6. The number of ketones is 1. The highest BCUT2D eigenvalue weighted by atomic mass is 19.1. The molecule has 0 bridgehead atoms. The molecule has 1 aromatic heterocycles. The maximum absolute atomic E-state index is 13.3. The van der Waals surface area contributed by atoms with Crippen molar-refractivity contribution >= 4 is 11.8 Å². The molecule has 0 amide bonds. The van der Waals surface area contributed by atoms with E-state index in [2.05, 4.69) is 4.98 Å². The second-order valence-electron chi connectivity index (χ2n) is 7.78. The molecule has 0 radical (unpaired) electrons. The van der Waals surface area contributed by atoms with Crippen LogP contribution in [-0.4, -0.2) is 35.1 Å². The predicted octanol–water partition coefficient (Wildman–Crippen LogP) is 4.90. The zero-order chi connectivity index (χ0) is 24.7. The first-order valence-corrected chi connectivity index (χ1v) is 10.7. The number of ether oxygens (including phenoxy) is 3. The van der Waals surface area contributed by atoms with Crippen LogP contribution in [0, 0.1) is 11.7 Å². The quantitative estimate of drug-likeness (QED) is 0.335. The fourth-order valence-corrected chi connectivity index (χ4v) is 3.36. The van der Waals surface area contributed by atoms with Crippen LogP contribution in [0.25, 0.3) is 0 Å². The predicted molar refractivity (Wildman–Crippen MR) is 122 cm³/mol. The van der Waals surface area contributed by atoms with Gasteiger partial charge in [0, 0.05) is 18.7 Å². The third kappa shape index (κ3) is 6.10. The number of rotatable bonds is 10. The van der Waals surface area contributed by atoms with E-state index in [9.17, 15) is 19.1 Å². The van der Waals surface area contributed by atoms with Crippen molar-refractivity contribution in [3.05, 3.63) is 83.9 Å². The van der Waals surface area contributed by atoms with E-state index in [4.69, 9.17) is 14.2 Å². The van der Waals surface area contributed by atoms with Gasteiger partial charge in [-0.25, -0.2) is 9.37 Å². The first kappa shape index (κ1) is 24.7. The molecule has 0 saturated carbocycles. The standard InChI is InChI=1S/C26H26FNO6/c1-16(15-21(29)23-24(30)22(32-3)13-14-28-23)26(31)33-17(2)25(18-7-5-4-6-8-18)34-20-11-9-19(27)10-12-20/h4-14,16-17,25,30H,15H2,1-3H3/t16-,17+,25+/m1/s1. The molecule has 3 rings (SSSR count). The minimum absolute atomic E-state index is 0.117. The van der Waals surface area contributed by atoms with Crippen molar-refractivity contribution in [2.45, 2.75) is 32.5 Å². The number of nitrogens with zero attached hydrogens (tertiary/aromatic N) is 1. The van der Waals surface area contributed by atoms with Crippen LogP contribution in [0.5, 0.6) is 17.2 Å². The van der Waals surface area contributed by atoms with Crippen molar-refractivity contribution in [2.75, 3.05) is 7.11 Å². The van der Waals surface area contributed by atoms with Crippen LogP contribution in [0.3, 0.4) is 0 Å². The van der Waals surface area contributed by atoms with Gasteiger partial charge in [0.15, 0.2) is 29.1 Å².